The molecule has 116 valence electrons. The zero-order valence-corrected chi connectivity index (χ0v) is 12.7. The minimum Gasteiger partial charge on any atom is -0.394 e. The summed E-state index contributed by atoms with van der Waals surface area (Å²) in [5.74, 6) is -0.303. The highest BCUT2D eigenvalue weighted by Crippen LogP contribution is 2.26. The minimum absolute atomic E-state index is 0.0718. The first kappa shape index (κ1) is 16.9. The largest absolute Gasteiger partial charge is 0.394 e. The molecule has 0 bridgehead atoms. The van der Waals surface area contributed by atoms with Crippen LogP contribution in [0.5, 0.6) is 0 Å². The van der Waals surface area contributed by atoms with Gasteiger partial charge in [0.2, 0.25) is 0 Å². The van der Waals surface area contributed by atoms with Gasteiger partial charge in [-0.05, 0) is 32.9 Å². The number of anilines is 1. The number of benzene rings is 1. The lowest BCUT2D eigenvalue weighted by Crippen LogP contribution is -2.47. The first-order valence-electron chi connectivity index (χ1n) is 6.66. The third-order valence-corrected chi connectivity index (χ3v) is 3.41. The number of aliphatic hydroxyl groups excluding tert-OH is 1. The van der Waals surface area contributed by atoms with E-state index >= 15 is 0 Å². The molecule has 0 aromatic heterocycles. The predicted octanol–water partition coefficient (Wildman–Crippen LogP) is 1.87. The Balaban J connectivity index is 3.17. The Bertz CT molecular complexity index is 543. The van der Waals surface area contributed by atoms with E-state index in [2.05, 4.69) is 5.32 Å². The smallest absolute Gasteiger partial charge is 0.292 e. The summed E-state index contributed by atoms with van der Waals surface area (Å²) in [7, 11) is 1.59. The Hall–Kier alpha value is -2.15. The lowest BCUT2D eigenvalue weighted by molar-refractivity contribution is -0.384. The van der Waals surface area contributed by atoms with Crippen molar-refractivity contribution in [2.75, 3.05) is 25.5 Å². The summed E-state index contributed by atoms with van der Waals surface area (Å²) in [6, 6.07) is 4.20. The molecule has 0 aliphatic heterocycles. The summed E-state index contributed by atoms with van der Waals surface area (Å²) in [5, 5.41) is 23.2. The molecule has 2 N–H and O–H groups in total. The molecule has 0 aliphatic rings. The number of nitro benzene ring substituents is 1. The van der Waals surface area contributed by atoms with E-state index in [4.69, 9.17) is 0 Å². The Labute approximate surface area is 123 Å². The van der Waals surface area contributed by atoms with Crippen LogP contribution in [-0.2, 0) is 0 Å². The van der Waals surface area contributed by atoms with Crippen molar-refractivity contribution < 1.29 is 14.8 Å². The zero-order chi connectivity index (χ0) is 16.2. The summed E-state index contributed by atoms with van der Waals surface area (Å²) in [6.45, 7) is 5.63. The highest BCUT2D eigenvalue weighted by atomic mass is 16.6. The lowest BCUT2D eigenvalue weighted by atomic mass is 10.0. The lowest BCUT2D eigenvalue weighted by Gasteiger charge is -2.34. The molecule has 0 saturated carbocycles. The van der Waals surface area contributed by atoms with Crippen molar-refractivity contribution in [3.05, 3.63) is 33.9 Å². The van der Waals surface area contributed by atoms with Gasteiger partial charge in [0, 0.05) is 25.2 Å². The van der Waals surface area contributed by atoms with Crippen LogP contribution in [0.3, 0.4) is 0 Å². The number of likely N-dealkylation sites (N-methyl/N-ethyl adjacent to an activating group) is 1. The highest BCUT2D eigenvalue weighted by molar-refractivity contribution is 5.96. The average Bonchev–Trinajstić information content (AvgIpc) is 2.45. The molecule has 0 atom stereocenters. The SMILES string of the molecule is CCNc1cc(C(=O)N(C)C(C)(C)CO)ccc1[N+](=O)[O-]. The zero-order valence-electron chi connectivity index (χ0n) is 12.7. The standard InChI is InChI=1S/C14H21N3O4/c1-5-15-11-8-10(6-7-12(11)17(20)21)13(19)16(4)14(2,3)9-18/h6-8,15,18H,5,9H2,1-4H3. The van der Waals surface area contributed by atoms with Crippen molar-refractivity contribution in [3.63, 3.8) is 0 Å². The maximum Gasteiger partial charge on any atom is 0.292 e. The van der Waals surface area contributed by atoms with Crippen molar-refractivity contribution in [2.45, 2.75) is 26.3 Å². The quantitative estimate of drug-likeness (QED) is 0.617. The van der Waals surface area contributed by atoms with Crippen LogP contribution in [0.1, 0.15) is 31.1 Å². The Kier molecular flexibility index (Phi) is 5.26. The number of hydrogen-bond donors (Lipinski definition) is 2. The van der Waals surface area contributed by atoms with Crippen molar-refractivity contribution in [3.8, 4) is 0 Å². The van der Waals surface area contributed by atoms with Gasteiger partial charge < -0.3 is 15.3 Å². The molecule has 0 unspecified atom stereocenters. The second-order valence-electron chi connectivity index (χ2n) is 5.35. The maximum absolute atomic E-state index is 12.4. The van der Waals surface area contributed by atoms with E-state index in [9.17, 15) is 20.0 Å². The van der Waals surface area contributed by atoms with Gasteiger partial charge >= 0.3 is 0 Å². The number of nitrogens with one attached hydrogen (secondary N) is 1. The average molecular weight is 295 g/mol. The maximum atomic E-state index is 12.4. The Morgan fingerprint density at radius 1 is 1.48 bits per heavy atom. The van der Waals surface area contributed by atoms with Gasteiger partial charge in [-0.1, -0.05) is 0 Å². The molecule has 0 fully saturated rings. The number of nitro groups is 1. The Morgan fingerprint density at radius 3 is 2.57 bits per heavy atom. The minimum atomic E-state index is -0.711. The van der Waals surface area contributed by atoms with E-state index in [1.807, 2.05) is 6.92 Å². The molecule has 0 radical (unpaired) electrons. The molecular weight excluding hydrogens is 274 g/mol. The van der Waals surface area contributed by atoms with Gasteiger partial charge in [-0.15, -0.1) is 0 Å². The van der Waals surface area contributed by atoms with Crippen molar-refractivity contribution in [1.29, 1.82) is 0 Å². The van der Waals surface area contributed by atoms with Gasteiger partial charge in [-0.3, -0.25) is 14.9 Å². The fourth-order valence-corrected chi connectivity index (χ4v) is 1.73. The molecule has 1 amide bonds. The van der Waals surface area contributed by atoms with E-state index in [1.165, 1.54) is 23.1 Å². The summed E-state index contributed by atoms with van der Waals surface area (Å²) in [5.41, 5.74) is -0.140. The van der Waals surface area contributed by atoms with Gasteiger partial charge in [0.05, 0.1) is 17.1 Å². The number of nitrogens with zero attached hydrogens (tertiary/aromatic N) is 2. The molecule has 0 aliphatic carbocycles. The fraction of sp³-hybridized carbons (Fsp3) is 0.500. The normalized spacial score (nSPS) is 11.1. The number of hydrogen-bond acceptors (Lipinski definition) is 5. The van der Waals surface area contributed by atoms with Crippen LogP contribution in [-0.4, -0.2) is 46.6 Å². The molecule has 7 heteroatoms. The second-order valence-corrected chi connectivity index (χ2v) is 5.35. The van der Waals surface area contributed by atoms with E-state index in [-0.39, 0.29) is 18.2 Å². The van der Waals surface area contributed by atoms with Crippen LogP contribution >= 0.6 is 0 Å². The van der Waals surface area contributed by atoms with Crippen molar-refractivity contribution >= 4 is 17.3 Å². The molecule has 7 nitrogen and oxygen atoms in total. The van der Waals surface area contributed by atoms with E-state index in [1.54, 1.807) is 20.9 Å². The molecule has 1 aromatic carbocycles. The van der Waals surface area contributed by atoms with Crippen molar-refractivity contribution in [2.24, 2.45) is 0 Å². The van der Waals surface area contributed by atoms with Crippen LogP contribution in [0.15, 0.2) is 18.2 Å². The fourth-order valence-electron chi connectivity index (χ4n) is 1.73. The number of rotatable bonds is 6. The van der Waals surface area contributed by atoms with Crippen LogP contribution in [0.25, 0.3) is 0 Å². The monoisotopic (exact) mass is 295 g/mol. The van der Waals surface area contributed by atoms with Crippen LogP contribution in [0, 0.1) is 10.1 Å². The number of carbonyl (C=O) groups excluding carboxylic acids is 1. The number of amides is 1. The highest BCUT2D eigenvalue weighted by Gasteiger charge is 2.28. The Morgan fingerprint density at radius 2 is 2.10 bits per heavy atom. The molecule has 1 aromatic rings. The molecule has 0 saturated heterocycles. The summed E-state index contributed by atoms with van der Waals surface area (Å²) >= 11 is 0. The molecular formula is C14H21N3O4. The third-order valence-electron chi connectivity index (χ3n) is 3.41. The van der Waals surface area contributed by atoms with Crippen LogP contribution in [0.4, 0.5) is 11.4 Å². The first-order chi connectivity index (χ1) is 9.74. The van der Waals surface area contributed by atoms with Crippen LogP contribution in [0.2, 0.25) is 0 Å². The summed E-state index contributed by atoms with van der Waals surface area (Å²) in [4.78, 5) is 24.3. The van der Waals surface area contributed by atoms with Crippen LogP contribution < -0.4 is 5.32 Å². The molecule has 21 heavy (non-hydrogen) atoms. The molecule has 0 heterocycles. The first-order valence-corrected chi connectivity index (χ1v) is 6.66. The predicted molar refractivity (Wildman–Crippen MR) is 80.5 cm³/mol. The second kappa shape index (κ2) is 6.53. The molecule has 0 spiro atoms. The van der Waals surface area contributed by atoms with Gasteiger partial charge in [0.1, 0.15) is 5.69 Å². The summed E-state index contributed by atoms with van der Waals surface area (Å²) < 4.78 is 0. The van der Waals surface area contributed by atoms with E-state index < -0.39 is 10.5 Å². The van der Waals surface area contributed by atoms with Gasteiger partial charge in [-0.2, -0.15) is 0 Å². The molecule has 1 rings (SSSR count). The van der Waals surface area contributed by atoms with Gasteiger partial charge in [0.25, 0.3) is 11.6 Å². The number of carbonyl (C=O) groups is 1. The van der Waals surface area contributed by atoms with E-state index in [0.717, 1.165) is 0 Å². The van der Waals surface area contributed by atoms with Gasteiger partial charge in [-0.25, -0.2) is 0 Å². The third kappa shape index (κ3) is 3.69. The van der Waals surface area contributed by atoms with Gasteiger partial charge in [0.15, 0.2) is 0 Å². The van der Waals surface area contributed by atoms with Crippen molar-refractivity contribution in [1.82, 2.24) is 4.90 Å². The van der Waals surface area contributed by atoms with E-state index in [0.29, 0.717) is 17.8 Å². The summed E-state index contributed by atoms with van der Waals surface area (Å²) in [6.07, 6.45) is 0. The number of aliphatic hydroxyl groups is 1. The topological polar surface area (TPSA) is 95.7 Å².